The Kier molecular flexibility index (Phi) is 6.39. The Morgan fingerprint density at radius 3 is 1.96 bits per heavy atom. The van der Waals surface area contributed by atoms with Crippen molar-refractivity contribution in [2.45, 2.75) is 0 Å². The number of aromatic nitrogens is 3. The lowest BCUT2D eigenvalue weighted by molar-refractivity contribution is 0.669. The second-order valence-corrected chi connectivity index (χ2v) is 14.2. The lowest BCUT2D eigenvalue weighted by Crippen LogP contribution is -1.96. The summed E-state index contributed by atoms with van der Waals surface area (Å²) in [5.74, 6) is 0.622. The number of nitrogens with zero attached hydrogens (tertiary/aromatic N) is 3. The van der Waals surface area contributed by atoms with Crippen LogP contribution >= 0.6 is 11.3 Å². The van der Waals surface area contributed by atoms with Crippen molar-refractivity contribution < 1.29 is 4.42 Å². The Morgan fingerprint density at radius 2 is 1.10 bits per heavy atom. The molecule has 0 amide bonds. The van der Waals surface area contributed by atoms with Crippen molar-refractivity contribution in [3.05, 3.63) is 164 Å². The number of pyridine rings is 1. The molecular weight excluding hydrogens is 655 g/mol. The first kappa shape index (κ1) is 29.1. The highest BCUT2D eigenvalue weighted by Gasteiger charge is 2.18. The van der Waals surface area contributed by atoms with E-state index in [4.69, 9.17) is 19.4 Å². The van der Waals surface area contributed by atoms with Gasteiger partial charge in [0.1, 0.15) is 11.2 Å². The van der Waals surface area contributed by atoms with E-state index in [1.807, 2.05) is 29.5 Å². The molecule has 0 unspecified atom stereocenters. The van der Waals surface area contributed by atoms with Crippen molar-refractivity contribution in [1.82, 2.24) is 15.0 Å². The van der Waals surface area contributed by atoms with Crippen molar-refractivity contribution in [2.75, 3.05) is 0 Å². The molecule has 0 radical (unpaired) electrons. The minimum Gasteiger partial charge on any atom is -0.455 e. The van der Waals surface area contributed by atoms with E-state index in [-0.39, 0.29) is 0 Å². The molecule has 11 rings (SSSR count). The third-order valence-corrected chi connectivity index (χ3v) is 11.3. The molecule has 4 nitrogen and oxygen atoms in total. The quantitative estimate of drug-likeness (QED) is 0.185. The van der Waals surface area contributed by atoms with Gasteiger partial charge in [-0.05, 0) is 41.1 Å². The number of furan rings is 1. The molecule has 4 aromatic heterocycles. The molecule has 0 bridgehead atoms. The normalized spacial score (nSPS) is 11.8. The highest BCUT2D eigenvalue weighted by molar-refractivity contribution is 7.26. The van der Waals surface area contributed by atoms with E-state index >= 15 is 0 Å². The number of benzene rings is 7. The molecule has 0 fully saturated rings. The summed E-state index contributed by atoms with van der Waals surface area (Å²) in [7, 11) is 0. The molecule has 0 saturated heterocycles. The van der Waals surface area contributed by atoms with E-state index in [1.165, 1.54) is 30.9 Å². The number of hydrogen-bond donors (Lipinski definition) is 0. The summed E-state index contributed by atoms with van der Waals surface area (Å²) in [6, 6.07) is 57.2. The Labute approximate surface area is 302 Å². The van der Waals surface area contributed by atoms with Crippen LogP contribution in [0.4, 0.5) is 0 Å². The predicted molar refractivity (Wildman–Crippen MR) is 217 cm³/mol. The second-order valence-electron chi connectivity index (χ2n) is 13.2. The third kappa shape index (κ3) is 4.57. The Bertz CT molecular complexity index is 3190. The average Bonchev–Trinajstić information content (AvgIpc) is 3.79. The summed E-state index contributed by atoms with van der Waals surface area (Å²) in [6.07, 6.45) is 0. The van der Waals surface area contributed by atoms with Crippen molar-refractivity contribution in [3.63, 3.8) is 0 Å². The third-order valence-electron chi connectivity index (χ3n) is 10.1. The van der Waals surface area contributed by atoms with E-state index < -0.39 is 0 Å². The Balaban J connectivity index is 1.09. The maximum absolute atomic E-state index is 6.45. The Hall–Kier alpha value is -6.69. The molecule has 0 N–H and O–H groups in total. The standard InChI is InChI=1S/C47H27N3OS/c1-2-11-31-26-32(25-20-28(31)10-1)40-27-39(48-47(49-40)38-17-9-16-35-33-12-5-7-18-41(33)51-45(35)38)29-21-23-30(24-22-29)43-34-13-3-4-14-36(34)46-44(50-43)37-15-6-8-19-42(37)52-46/h1-27H. The molecule has 0 atom stereocenters. The van der Waals surface area contributed by atoms with Crippen molar-refractivity contribution in [3.8, 4) is 45.2 Å². The van der Waals surface area contributed by atoms with Crippen LogP contribution in [0, 0.1) is 0 Å². The van der Waals surface area contributed by atoms with Gasteiger partial charge in [-0.15, -0.1) is 11.3 Å². The van der Waals surface area contributed by atoms with Crippen LogP contribution in [0.1, 0.15) is 0 Å². The second kappa shape index (κ2) is 11.4. The molecule has 0 aliphatic rings. The summed E-state index contributed by atoms with van der Waals surface area (Å²) < 4.78 is 8.93. The molecule has 52 heavy (non-hydrogen) atoms. The van der Waals surface area contributed by atoms with E-state index in [9.17, 15) is 0 Å². The fraction of sp³-hybridized carbons (Fsp3) is 0. The van der Waals surface area contributed by atoms with Crippen LogP contribution in [0.15, 0.2) is 168 Å². The lowest BCUT2D eigenvalue weighted by Gasteiger charge is -2.12. The summed E-state index contributed by atoms with van der Waals surface area (Å²) in [4.78, 5) is 15.7. The van der Waals surface area contributed by atoms with Gasteiger partial charge in [0.25, 0.3) is 0 Å². The van der Waals surface area contributed by atoms with Crippen LogP contribution in [-0.4, -0.2) is 15.0 Å². The molecule has 7 aromatic carbocycles. The van der Waals surface area contributed by atoms with E-state index in [0.29, 0.717) is 5.82 Å². The van der Waals surface area contributed by atoms with Crippen LogP contribution in [0.25, 0.3) is 109 Å². The summed E-state index contributed by atoms with van der Waals surface area (Å²) in [5, 5.41) is 8.06. The lowest BCUT2D eigenvalue weighted by atomic mass is 10.00. The number of para-hydroxylation sites is 2. The molecule has 242 valence electrons. The van der Waals surface area contributed by atoms with Crippen molar-refractivity contribution in [2.24, 2.45) is 0 Å². The van der Waals surface area contributed by atoms with Gasteiger partial charge in [0.05, 0.1) is 32.9 Å². The first-order valence-electron chi connectivity index (χ1n) is 17.3. The molecule has 0 aliphatic heterocycles. The Morgan fingerprint density at radius 1 is 0.442 bits per heavy atom. The minimum atomic E-state index is 0.622. The summed E-state index contributed by atoms with van der Waals surface area (Å²) in [6.45, 7) is 0. The van der Waals surface area contributed by atoms with Crippen LogP contribution < -0.4 is 0 Å². The van der Waals surface area contributed by atoms with E-state index in [0.717, 1.165) is 72.2 Å². The van der Waals surface area contributed by atoms with Gasteiger partial charge in [0.2, 0.25) is 0 Å². The molecule has 0 aliphatic carbocycles. The van der Waals surface area contributed by atoms with Gasteiger partial charge in [0, 0.05) is 48.3 Å². The number of rotatable bonds is 4. The monoisotopic (exact) mass is 681 g/mol. The largest absolute Gasteiger partial charge is 0.455 e. The summed E-state index contributed by atoms with van der Waals surface area (Å²) in [5.41, 5.74) is 9.32. The van der Waals surface area contributed by atoms with Gasteiger partial charge in [0.15, 0.2) is 5.82 Å². The van der Waals surface area contributed by atoms with Crippen LogP contribution in [-0.2, 0) is 0 Å². The SMILES string of the molecule is c1ccc2cc(-c3cc(-c4ccc(-c5nc6c7ccccc7sc6c6ccccc56)cc4)nc(-c4cccc5c4oc4ccccc45)n3)ccc2c1. The molecule has 0 saturated carbocycles. The van der Waals surface area contributed by atoms with Crippen LogP contribution in [0.3, 0.4) is 0 Å². The van der Waals surface area contributed by atoms with Gasteiger partial charge in [-0.3, -0.25) is 0 Å². The summed E-state index contributed by atoms with van der Waals surface area (Å²) >= 11 is 1.81. The van der Waals surface area contributed by atoms with Crippen LogP contribution in [0.5, 0.6) is 0 Å². The maximum Gasteiger partial charge on any atom is 0.164 e. The fourth-order valence-corrected chi connectivity index (χ4v) is 8.72. The molecule has 0 spiro atoms. The predicted octanol–water partition coefficient (Wildman–Crippen LogP) is 13.1. The first-order chi connectivity index (χ1) is 25.7. The smallest absolute Gasteiger partial charge is 0.164 e. The zero-order valence-electron chi connectivity index (χ0n) is 27.7. The highest BCUT2D eigenvalue weighted by atomic mass is 32.1. The number of hydrogen-bond acceptors (Lipinski definition) is 5. The fourth-order valence-electron chi connectivity index (χ4n) is 7.54. The minimum absolute atomic E-state index is 0.622. The maximum atomic E-state index is 6.45. The van der Waals surface area contributed by atoms with Gasteiger partial charge >= 0.3 is 0 Å². The average molecular weight is 682 g/mol. The van der Waals surface area contributed by atoms with Crippen molar-refractivity contribution in [1.29, 1.82) is 0 Å². The van der Waals surface area contributed by atoms with E-state index in [2.05, 4.69) is 146 Å². The van der Waals surface area contributed by atoms with Crippen molar-refractivity contribution >= 4 is 75.1 Å². The molecule has 4 heterocycles. The number of fused-ring (bicyclic) bond motifs is 9. The van der Waals surface area contributed by atoms with Gasteiger partial charge < -0.3 is 4.42 Å². The highest BCUT2D eigenvalue weighted by Crippen LogP contribution is 2.41. The van der Waals surface area contributed by atoms with Gasteiger partial charge in [-0.2, -0.15) is 0 Å². The van der Waals surface area contributed by atoms with E-state index in [1.54, 1.807) is 0 Å². The van der Waals surface area contributed by atoms with Gasteiger partial charge in [-0.25, -0.2) is 15.0 Å². The zero-order chi connectivity index (χ0) is 34.2. The first-order valence-corrected chi connectivity index (χ1v) is 18.2. The molecule has 11 aromatic rings. The van der Waals surface area contributed by atoms with Gasteiger partial charge in [-0.1, -0.05) is 133 Å². The topological polar surface area (TPSA) is 51.8 Å². The molecular formula is C47H27N3OS. The molecule has 5 heteroatoms. The number of thiophene rings is 1. The zero-order valence-corrected chi connectivity index (χ0v) is 28.6. The van der Waals surface area contributed by atoms with Crippen LogP contribution in [0.2, 0.25) is 0 Å².